The number of hydrogen-bond donors (Lipinski definition) is 1. The number of para-hydroxylation sites is 1. The number of nitro groups is 1. The van der Waals surface area contributed by atoms with Gasteiger partial charge < -0.3 is 5.73 Å². The van der Waals surface area contributed by atoms with Crippen LogP contribution in [0, 0.1) is 26.9 Å². The molecule has 2 aromatic rings. The van der Waals surface area contributed by atoms with E-state index in [4.69, 9.17) is 5.73 Å². The van der Waals surface area contributed by atoms with E-state index in [9.17, 15) is 33.3 Å². The Hall–Kier alpha value is -3.65. The molecule has 1 aliphatic heterocycles. The Morgan fingerprint density at radius 1 is 1.24 bits per heavy atom. The molecule has 0 saturated carbocycles. The maximum Gasteiger partial charge on any atom is 0.418 e. The molecule has 2 N–H and O–H groups in total. The van der Waals surface area contributed by atoms with Crippen LogP contribution in [0.2, 0.25) is 0 Å². The fourth-order valence-electron chi connectivity index (χ4n) is 4.57. The Morgan fingerprint density at radius 3 is 2.50 bits per heavy atom. The summed E-state index contributed by atoms with van der Waals surface area (Å²) in [4.78, 5) is 25.6. The van der Waals surface area contributed by atoms with Gasteiger partial charge in [-0.15, -0.1) is 0 Å². The summed E-state index contributed by atoms with van der Waals surface area (Å²) in [6.07, 6.45) is -4.36. The molecular formula is C23H19F3N4O3S. The molecule has 1 aliphatic carbocycles. The number of nitrogens with zero attached hydrogens (tertiary/aromatic N) is 3. The minimum absolute atomic E-state index is 0.114. The quantitative estimate of drug-likeness (QED) is 0.443. The molecule has 0 radical (unpaired) electrons. The van der Waals surface area contributed by atoms with Gasteiger partial charge in [0, 0.05) is 28.6 Å². The lowest BCUT2D eigenvalue weighted by Crippen LogP contribution is -2.42. The molecule has 0 spiro atoms. The van der Waals surface area contributed by atoms with Crippen molar-refractivity contribution >= 4 is 27.8 Å². The summed E-state index contributed by atoms with van der Waals surface area (Å²) in [5, 5.41) is 21.0. The number of carbonyl (C=O) groups is 1. The molecule has 0 amide bonds. The number of thiophene rings is 1. The van der Waals surface area contributed by atoms with Crippen molar-refractivity contribution in [3.05, 3.63) is 79.6 Å². The van der Waals surface area contributed by atoms with Crippen LogP contribution in [0.4, 0.5) is 23.9 Å². The number of nitriles is 1. The van der Waals surface area contributed by atoms with Crippen molar-refractivity contribution < 1.29 is 22.9 Å². The summed E-state index contributed by atoms with van der Waals surface area (Å²) in [7, 11) is 0. The van der Waals surface area contributed by atoms with Crippen LogP contribution in [-0.4, -0.2) is 10.7 Å². The molecule has 2 heterocycles. The normalized spacial score (nSPS) is 20.3. The Balaban J connectivity index is 2.03. The lowest BCUT2D eigenvalue weighted by atomic mass is 9.69. The van der Waals surface area contributed by atoms with Gasteiger partial charge in [0.05, 0.1) is 33.7 Å². The number of rotatable bonds is 3. The fourth-order valence-corrected chi connectivity index (χ4v) is 5.51. The van der Waals surface area contributed by atoms with Crippen LogP contribution in [0.3, 0.4) is 0 Å². The van der Waals surface area contributed by atoms with Crippen molar-refractivity contribution in [1.82, 2.24) is 0 Å². The van der Waals surface area contributed by atoms with E-state index >= 15 is 0 Å². The Bertz CT molecular complexity index is 1320. The summed E-state index contributed by atoms with van der Waals surface area (Å²) < 4.78 is 41.7. The zero-order chi connectivity index (χ0) is 25.0. The molecule has 0 unspecified atom stereocenters. The van der Waals surface area contributed by atoms with Crippen LogP contribution in [-0.2, 0) is 11.0 Å². The van der Waals surface area contributed by atoms with Crippen LogP contribution in [0.1, 0.15) is 43.0 Å². The molecule has 34 heavy (non-hydrogen) atoms. The predicted octanol–water partition coefficient (Wildman–Crippen LogP) is 5.62. The van der Waals surface area contributed by atoms with Crippen molar-refractivity contribution in [2.75, 3.05) is 4.90 Å². The topological polar surface area (TPSA) is 113 Å². The molecular weight excluding hydrogens is 469 g/mol. The zero-order valence-electron chi connectivity index (χ0n) is 18.1. The second-order valence-corrected chi connectivity index (χ2v) is 10.0. The largest absolute Gasteiger partial charge is 0.418 e. The van der Waals surface area contributed by atoms with Gasteiger partial charge in [0.25, 0.3) is 0 Å². The standard InChI is InChI=1S/C23H19F3N4O3S/c1-22(2)9-15-20(16(31)10-22)19(17-7-8-18(34-17)30(32)33)12(11-27)21(28)29(15)14-6-4-3-5-13(14)23(24,25)26/h3-8,19H,9-10,28H2,1-2H3/t19-/m0/s1. The minimum Gasteiger partial charge on any atom is -0.384 e. The number of ketones is 1. The number of hydrogen-bond acceptors (Lipinski definition) is 7. The number of anilines is 1. The molecule has 2 aliphatic rings. The Morgan fingerprint density at radius 2 is 1.91 bits per heavy atom. The molecule has 1 atom stereocenters. The van der Waals surface area contributed by atoms with Gasteiger partial charge in [-0.3, -0.25) is 19.8 Å². The van der Waals surface area contributed by atoms with Crippen LogP contribution in [0.5, 0.6) is 0 Å². The van der Waals surface area contributed by atoms with E-state index in [1.165, 1.54) is 30.3 Å². The van der Waals surface area contributed by atoms with E-state index in [-0.39, 0.29) is 52.0 Å². The summed E-state index contributed by atoms with van der Waals surface area (Å²) in [5.74, 6) is -1.55. The zero-order valence-corrected chi connectivity index (χ0v) is 19.0. The summed E-state index contributed by atoms with van der Waals surface area (Å²) in [6, 6.07) is 9.52. The summed E-state index contributed by atoms with van der Waals surface area (Å²) >= 11 is 0.806. The molecule has 11 heteroatoms. The smallest absolute Gasteiger partial charge is 0.384 e. The average molecular weight is 488 g/mol. The van der Waals surface area contributed by atoms with Crippen LogP contribution < -0.4 is 10.6 Å². The highest BCUT2D eigenvalue weighted by molar-refractivity contribution is 7.15. The first kappa shape index (κ1) is 23.5. The predicted molar refractivity (Wildman–Crippen MR) is 120 cm³/mol. The molecule has 0 saturated heterocycles. The molecule has 0 fully saturated rings. The third kappa shape index (κ3) is 3.84. The van der Waals surface area contributed by atoms with Crippen molar-refractivity contribution in [3.8, 4) is 6.07 Å². The van der Waals surface area contributed by atoms with Crippen LogP contribution in [0.25, 0.3) is 0 Å². The van der Waals surface area contributed by atoms with Gasteiger partial charge in [-0.1, -0.05) is 37.3 Å². The third-order valence-corrected chi connectivity index (χ3v) is 7.01. The van der Waals surface area contributed by atoms with Gasteiger partial charge in [-0.25, -0.2) is 0 Å². The van der Waals surface area contributed by atoms with E-state index in [1.54, 1.807) is 0 Å². The second kappa shape index (κ2) is 7.99. The molecule has 1 aromatic heterocycles. The Kier molecular flexibility index (Phi) is 5.52. The highest BCUT2D eigenvalue weighted by Crippen LogP contribution is 2.52. The number of nitrogens with two attached hydrogens (primary N) is 1. The van der Waals surface area contributed by atoms with Crippen molar-refractivity contribution in [1.29, 1.82) is 5.26 Å². The SMILES string of the molecule is CC1(C)CC(=O)C2=C(C1)N(c1ccccc1C(F)(F)F)C(N)=C(C#N)[C@H]2c1ccc([N+](=O)[O-])s1. The summed E-state index contributed by atoms with van der Waals surface area (Å²) in [5.41, 5.74) is 4.84. The van der Waals surface area contributed by atoms with Crippen molar-refractivity contribution in [2.45, 2.75) is 38.8 Å². The van der Waals surface area contributed by atoms with E-state index < -0.39 is 28.0 Å². The molecule has 0 bridgehead atoms. The van der Waals surface area contributed by atoms with Gasteiger partial charge in [0.15, 0.2) is 5.78 Å². The number of benzene rings is 1. The van der Waals surface area contributed by atoms with Crippen LogP contribution >= 0.6 is 11.3 Å². The number of Topliss-reactive ketones (excluding diaryl/α,β-unsaturated/α-hetero) is 1. The Labute approximate surface area is 196 Å². The van der Waals surface area contributed by atoms with Crippen LogP contribution in [0.15, 0.2) is 59.1 Å². The van der Waals surface area contributed by atoms with Crippen molar-refractivity contribution in [3.63, 3.8) is 0 Å². The highest BCUT2D eigenvalue weighted by atomic mass is 32.1. The monoisotopic (exact) mass is 488 g/mol. The lowest BCUT2D eigenvalue weighted by molar-refractivity contribution is -0.380. The van der Waals surface area contributed by atoms with E-state index in [1.807, 2.05) is 19.9 Å². The molecule has 176 valence electrons. The second-order valence-electron chi connectivity index (χ2n) is 8.93. The first-order valence-corrected chi connectivity index (χ1v) is 11.0. The van der Waals surface area contributed by atoms with Gasteiger partial charge in [0.2, 0.25) is 0 Å². The number of allylic oxidation sites excluding steroid dienone is 3. The number of carbonyl (C=O) groups excluding carboxylic acids is 1. The molecule has 7 nitrogen and oxygen atoms in total. The van der Waals surface area contributed by atoms with Gasteiger partial charge in [-0.05, 0) is 30.0 Å². The average Bonchev–Trinajstić information content (AvgIpc) is 3.22. The minimum atomic E-state index is -4.70. The van der Waals surface area contributed by atoms with E-state index in [0.29, 0.717) is 4.88 Å². The third-order valence-electron chi connectivity index (χ3n) is 5.91. The van der Waals surface area contributed by atoms with Crippen molar-refractivity contribution in [2.24, 2.45) is 11.1 Å². The molecule has 1 aromatic carbocycles. The number of halogens is 3. The summed E-state index contributed by atoms with van der Waals surface area (Å²) in [6.45, 7) is 3.65. The van der Waals surface area contributed by atoms with Gasteiger partial charge in [-0.2, -0.15) is 18.4 Å². The highest BCUT2D eigenvalue weighted by Gasteiger charge is 2.47. The van der Waals surface area contributed by atoms with Gasteiger partial charge in [0.1, 0.15) is 5.82 Å². The maximum atomic E-state index is 13.9. The first-order valence-electron chi connectivity index (χ1n) is 10.2. The first-order chi connectivity index (χ1) is 15.9. The van der Waals surface area contributed by atoms with E-state index in [2.05, 4.69) is 0 Å². The number of alkyl halides is 3. The fraction of sp³-hybridized carbons (Fsp3) is 0.304. The maximum absolute atomic E-state index is 13.9. The van der Waals surface area contributed by atoms with E-state index in [0.717, 1.165) is 22.3 Å². The van der Waals surface area contributed by atoms with Gasteiger partial charge >= 0.3 is 11.2 Å². The molecule has 4 rings (SSSR count). The lowest BCUT2D eigenvalue weighted by Gasteiger charge is -2.44.